The molecule has 2 aromatic carbocycles. The molecule has 0 atom stereocenters. The molecule has 0 spiro atoms. The standard InChI is InChI=1S/C19H11Cl2F2N3O2S/c20-12-2-1-11(15(21)10-12)9-16-17(27)26(19(25-16)29-8-7-24)13-3-5-14(6-4-13)28-18(22)23/h1-6,9-10,18H,8H2/b16-9-. The van der Waals surface area contributed by atoms with Crippen LogP contribution in [0.5, 0.6) is 5.75 Å². The van der Waals surface area contributed by atoms with E-state index in [1.165, 1.54) is 35.2 Å². The maximum absolute atomic E-state index is 13.0. The van der Waals surface area contributed by atoms with Crippen LogP contribution in [0.1, 0.15) is 5.56 Å². The number of nitriles is 1. The molecule has 1 heterocycles. The fraction of sp³-hybridized carbons (Fsp3) is 0.105. The van der Waals surface area contributed by atoms with Gasteiger partial charge in [0, 0.05) is 10.0 Å². The molecule has 0 fully saturated rings. The molecule has 29 heavy (non-hydrogen) atoms. The Morgan fingerprint density at radius 2 is 1.97 bits per heavy atom. The van der Waals surface area contributed by atoms with Gasteiger partial charge in [0.2, 0.25) is 0 Å². The van der Waals surface area contributed by atoms with E-state index < -0.39 is 12.5 Å². The van der Waals surface area contributed by atoms with Crippen LogP contribution in [0.4, 0.5) is 14.5 Å². The first-order valence-corrected chi connectivity index (χ1v) is 9.77. The number of nitrogens with zero attached hydrogens (tertiary/aromatic N) is 3. The number of anilines is 1. The van der Waals surface area contributed by atoms with Crippen molar-refractivity contribution in [3.63, 3.8) is 0 Å². The molecule has 5 nitrogen and oxygen atoms in total. The van der Waals surface area contributed by atoms with Gasteiger partial charge in [-0.15, -0.1) is 0 Å². The third-order valence-corrected chi connectivity index (χ3v) is 5.04. The zero-order valence-corrected chi connectivity index (χ0v) is 16.8. The number of alkyl halides is 2. The maximum atomic E-state index is 13.0. The lowest BCUT2D eigenvalue weighted by Crippen LogP contribution is -2.30. The summed E-state index contributed by atoms with van der Waals surface area (Å²) in [6.45, 7) is -2.95. The van der Waals surface area contributed by atoms with Gasteiger partial charge in [0.15, 0.2) is 5.17 Å². The molecule has 0 saturated carbocycles. The van der Waals surface area contributed by atoms with Crippen LogP contribution in [0.15, 0.2) is 53.2 Å². The molecule has 1 aliphatic rings. The highest BCUT2D eigenvalue weighted by molar-refractivity contribution is 8.14. The molecule has 0 bridgehead atoms. The van der Waals surface area contributed by atoms with Crippen molar-refractivity contribution in [3.05, 3.63) is 63.8 Å². The largest absolute Gasteiger partial charge is 0.435 e. The molecular weight excluding hydrogens is 443 g/mol. The summed E-state index contributed by atoms with van der Waals surface area (Å²) in [5, 5.41) is 9.97. The first-order valence-electron chi connectivity index (χ1n) is 8.03. The van der Waals surface area contributed by atoms with Gasteiger partial charge >= 0.3 is 6.61 Å². The lowest BCUT2D eigenvalue weighted by Gasteiger charge is -2.17. The number of carbonyl (C=O) groups is 1. The fourth-order valence-electron chi connectivity index (χ4n) is 2.46. The topological polar surface area (TPSA) is 65.7 Å². The minimum absolute atomic E-state index is 0.0396. The monoisotopic (exact) mass is 453 g/mol. The van der Waals surface area contributed by atoms with Crippen molar-refractivity contribution in [3.8, 4) is 11.8 Å². The quantitative estimate of drug-likeness (QED) is 0.552. The maximum Gasteiger partial charge on any atom is 0.387 e. The summed E-state index contributed by atoms with van der Waals surface area (Å²) >= 11 is 13.1. The van der Waals surface area contributed by atoms with Gasteiger partial charge in [0.25, 0.3) is 5.91 Å². The first-order chi connectivity index (χ1) is 13.9. The number of aliphatic imine (C=N–C) groups is 1. The van der Waals surface area contributed by atoms with Crippen molar-refractivity contribution >= 4 is 57.8 Å². The van der Waals surface area contributed by atoms with Gasteiger partial charge in [-0.05, 0) is 48.0 Å². The minimum atomic E-state index is -2.95. The van der Waals surface area contributed by atoms with E-state index in [2.05, 4.69) is 9.73 Å². The number of benzene rings is 2. The Kier molecular flexibility index (Phi) is 6.75. The average molecular weight is 454 g/mol. The molecule has 3 rings (SSSR count). The Morgan fingerprint density at radius 1 is 1.24 bits per heavy atom. The Labute approximate surface area is 179 Å². The second-order valence-electron chi connectivity index (χ2n) is 5.55. The van der Waals surface area contributed by atoms with E-state index in [1.54, 1.807) is 18.2 Å². The number of thioether (sulfide) groups is 1. The molecule has 0 radical (unpaired) electrons. The van der Waals surface area contributed by atoms with E-state index in [-0.39, 0.29) is 22.4 Å². The van der Waals surface area contributed by atoms with Crippen molar-refractivity contribution in [2.24, 2.45) is 4.99 Å². The molecule has 2 aromatic rings. The third-order valence-electron chi connectivity index (χ3n) is 3.67. The SMILES string of the molecule is N#CCSC1=N/C(=C\c2ccc(Cl)cc2Cl)C(=O)N1c1ccc(OC(F)F)cc1. The number of ether oxygens (including phenoxy) is 1. The highest BCUT2D eigenvalue weighted by atomic mass is 35.5. The van der Waals surface area contributed by atoms with Crippen molar-refractivity contribution in [2.75, 3.05) is 10.7 Å². The molecule has 0 aromatic heterocycles. The van der Waals surface area contributed by atoms with Crippen LogP contribution in [0.2, 0.25) is 10.0 Å². The molecule has 1 amide bonds. The summed E-state index contributed by atoms with van der Waals surface area (Å²) in [5.74, 6) is -0.411. The molecule has 148 valence electrons. The number of hydrogen-bond acceptors (Lipinski definition) is 5. The van der Waals surface area contributed by atoms with Crippen LogP contribution in [0.25, 0.3) is 6.08 Å². The highest BCUT2D eigenvalue weighted by Crippen LogP contribution is 2.32. The Morgan fingerprint density at radius 3 is 2.59 bits per heavy atom. The predicted molar refractivity (Wildman–Crippen MR) is 111 cm³/mol. The minimum Gasteiger partial charge on any atom is -0.435 e. The third kappa shape index (κ3) is 5.07. The normalized spacial score (nSPS) is 15.0. The van der Waals surface area contributed by atoms with Gasteiger partial charge in [0.1, 0.15) is 11.4 Å². The van der Waals surface area contributed by atoms with E-state index in [1.807, 2.05) is 6.07 Å². The smallest absolute Gasteiger partial charge is 0.387 e. The summed E-state index contributed by atoms with van der Waals surface area (Å²) in [7, 11) is 0. The molecule has 0 aliphatic carbocycles. The number of hydrogen-bond donors (Lipinski definition) is 0. The van der Waals surface area contributed by atoms with Crippen LogP contribution in [0.3, 0.4) is 0 Å². The van der Waals surface area contributed by atoms with Crippen molar-refractivity contribution < 1.29 is 18.3 Å². The van der Waals surface area contributed by atoms with E-state index in [4.69, 9.17) is 28.5 Å². The molecule has 0 saturated heterocycles. The van der Waals surface area contributed by atoms with Gasteiger partial charge < -0.3 is 4.74 Å². The second kappa shape index (κ2) is 9.27. The molecule has 0 N–H and O–H groups in total. The van der Waals surface area contributed by atoms with Crippen LogP contribution in [0, 0.1) is 11.3 Å². The van der Waals surface area contributed by atoms with Crippen LogP contribution >= 0.6 is 35.0 Å². The van der Waals surface area contributed by atoms with Gasteiger partial charge in [0.05, 0.1) is 17.5 Å². The van der Waals surface area contributed by atoms with Crippen LogP contribution in [-0.4, -0.2) is 23.4 Å². The van der Waals surface area contributed by atoms with Gasteiger partial charge in [-0.25, -0.2) is 4.99 Å². The summed E-state index contributed by atoms with van der Waals surface area (Å²) < 4.78 is 29.0. The van der Waals surface area contributed by atoms with E-state index in [9.17, 15) is 13.6 Å². The van der Waals surface area contributed by atoms with E-state index in [0.717, 1.165) is 11.8 Å². The van der Waals surface area contributed by atoms with Crippen molar-refractivity contribution in [1.29, 1.82) is 5.26 Å². The number of halogens is 4. The molecule has 1 aliphatic heterocycles. The van der Waals surface area contributed by atoms with Crippen molar-refractivity contribution in [2.45, 2.75) is 6.61 Å². The van der Waals surface area contributed by atoms with Crippen molar-refractivity contribution in [1.82, 2.24) is 0 Å². The summed E-state index contributed by atoms with van der Waals surface area (Å²) in [6.07, 6.45) is 1.52. The summed E-state index contributed by atoms with van der Waals surface area (Å²) in [6, 6.07) is 12.4. The Bertz CT molecular complexity index is 1040. The number of amides is 1. The second-order valence-corrected chi connectivity index (χ2v) is 7.34. The summed E-state index contributed by atoms with van der Waals surface area (Å²) in [4.78, 5) is 18.6. The molecule has 0 unspecified atom stereocenters. The fourth-order valence-corrected chi connectivity index (χ4v) is 3.60. The van der Waals surface area contributed by atoms with Crippen LogP contribution < -0.4 is 9.64 Å². The van der Waals surface area contributed by atoms with Gasteiger partial charge in [-0.2, -0.15) is 14.0 Å². The Hall–Kier alpha value is -2.60. The average Bonchev–Trinajstić information content (AvgIpc) is 2.98. The zero-order chi connectivity index (χ0) is 21.0. The molecular formula is C19H11Cl2F2N3O2S. The van der Waals surface area contributed by atoms with E-state index >= 15 is 0 Å². The summed E-state index contributed by atoms with van der Waals surface area (Å²) in [5.41, 5.74) is 1.06. The Balaban J connectivity index is 1.94. The molecule has 10 heteroatoms. The lowest BCUT2D eigenvalue weighted by atomic mass is 10.2. The highest BCUT2D eigenvalue weighted by Gasteiger charge is 2.32. The lowest BCUT2D eigenvalue weighted by molar-refractivity contribution is -0.113. The predicted octanol–water partition coefficient (Wildman–Crippen LogP) is 5.60. The van der Waals surface area contributed by atoms with Gasteiger partial charge in [-0.3, -0.25) is 9.69 Å². The van der Waals surface area contributed by atoms with E-state index in [0.29, 0.717) is 21.3 Å². The first kappa shape index (κ1) is 21.1. The number of carbonyl (C=O) groups excluding carboxylic acids is 1. The zero-order valence-electron chi connectivity index (χ0n) is 14.5. The number of amidine groups is 1. The number of rotatable bonds is 5. The van der Waals surface area contributed by atoms with Crippen LogP contribution in [-0.2, 0) is 4.79 Å². The van der Waals surface area contributed by atoms with Gasteiger partial charge in [-0.1, -0.05) is 41.0 Å².